The summed E-state index contributed by atoms with van der Waals surface area (Å²) in [6.07, 6.45) is 0. The molecule has 0 aliphatic rings. The van der Waals surface area contributed by atoms with Gasteiger partial charge in [0.1, 0.15) is 0 Å². The molecule has 0 fully saturated rings. The third kappa shape index (κ3) is 5.40. The van der Waals surface area contributed by atoms with E-state index in [4.69, 9.17) is 4.74 Å². The number of esters is 2. The Morgan fingerprint density at radius 1 is 1.12 bits per heavy atom. The SMILES string of the molecule is COC(=O)COC(=O)COc1ccc([AsH2])cc1. The summed E-state index contributed by atoms with van der Waals surface area (Å²) in [7, 11) is 1.22. The molecule has 1 aromatic rings. The molecule has 0 amide bonds. The number of carbonyl (C=O) groups is 2. The van der Waals surface area contributed by atoms with Crippen LogP contribution in [0.3, 0.4) is 0 Å². The van der Waals surface area contributed by atoms with E-state index in [9.17, 15) is 9.59 Å². The van der Waals surface area contributed by atoms with Gasteiger partial charge in [0.15, 0.2) is 0 Å². The fraction of sp³-hybridized carbons (Fsp3) is 0.273. The van der Waals surface area contributed by atoms with Crippen molar-refractivity contribution in [3.8, 4) is 5.75 Å². The molecular formula is C11H13AsO5. The molecule has 0 aliphatic carbocycles. The Bertz CT molecular complexity index is 387. The normalized spacial score (nSPS) is 9.53. The quantitative estimate of drug-likeness (QED) is 0.518. The Hall–Kier alpha value is -1.48. The number of benzene rings is 1. The van der Waals surface area contributed by atoms with Crippen molar-refractivity contribution in [2.75, 3.05) is 20.3 Å². The van der Waals surface area contributed by atoms with Crippen LogP contribution in [0.5, 0.6) is 5.75 Å². The van der Waals surface area contributed by atoms with Crippen LogP contribution in [0.2, 0.25) is 0 Å². The number of ether oxygens (including phenoxy) is 3. The first kappa shape index (κ1) is 13.6. The maximum absolute atomic E-state index is 11.2. The standard InChI is InChI=1S/C11H13AsO5/c1-15-10(13)6-17-11(14)7-16-9-4-2-8(12)3-5-9/h2-5H,6-7,12H2,1H3. The van der Waals surface area contributed by atoms with Crippen molar-refractivity contribution in [2.45, 2.75) is 0 Å². The molecular weight excluding hydrogens is 287 g/mol. The number of methoxy groups -OCH3 is 1. The van der Waals surface area contributed by atoms with Crippen molar-refractivity contribution in [3.05, 3.63) is 24.3 Å². The zero-order valence-corrected chi connectivity index (χ0v) is 11.8. The van der Waals surface area contributed by atoms with Crippen LogP contribution in [0.4, 0.5) is 0 Å². The van der Waals surface area contributed by atoms with Gasteiger partial charge in [-0.25, -0.2) is 0 Å². The summed E-state index contributed by atoms with van der Waals surface area (Å²) in [5.41, 5.74) is 0. The average molecular weight is 300 g/mol. The molecule has 0 aliphatic heterocycles. The summed E-state index contributed by atoms with van der Waals surface area (Å²) in [5.74, 6) is -0.627. The van der Waals surface area contributed by atoms with Gasteiger partial charge in [0.2, 0.25) is 0 Å². The van der Waals surface area contributed by atoms with Crippen molar-refractivity contribution in [3.63, 3.8) is 0 Å². The van der Waals surface area contributed by atoms with Crippen molar-refractivity contribution in [1.82, 2.24) is 0 Å². The van der Waals surface area contributed by atoms with Crippen molar-refractivity contribution in [2.24, 2.45) is 0 Å². The zero-order chi connectivity index (χ0) is 12.7. The van der Waals surface area contributed by atoms with Crippen LogP contribution >= 0.6 is 0 Å². The zero-order valence-electron chi connectivity index (χ0n) is 9.34. The molecule has 0 N–H and O–H groups in total. The van der Waals surface area contributed by atoms with E-state index in [2.05, 4.69) is 9.47 Å². The molecule has 5 nitrogen and oxygen atoms in total. The summed E-state index contributed by atoms with van der Waals surface area (Å²) >= 11 is 1.51. The van der Waals surface area contributed by atoms with Gasteiger partial charge in [-0.3, -0.25) is 0 Å². The van der Waals surface area contributed by atoms with Crippen LogP contribution in [0.1, 0.15) is 0 Å². The van der Waals surface area contributed by atoms with Gasteiger partial charge in [-0.05, 0) is 0 Å². The average Bonchev–Trinajstić information content (AvgIpc) is 2.35. The molecule has 1 unspecified atom stereocenters. The van der Waals surface area contributed by atoms with Crippen LogP contribution in [-0.2, 0) is 19.1 Å². The molecule has 92 valence electrons. The van der Waals surface area contributed by atoms with Crippen molar-refractivity contribution >= 4 is 33.1 Å². The molecule has 0 saturated heterocycles. The molecule has 1 atom stereocenters. The van der Waals surface area contributed by atoms with Gasteiger partial charge < -0.3 is 0 Å². The van der Waals surface area contributed by atoms with E-state index in [0.717, 1.165) is 4.35 Å². The molecule has 0 aromatic heterocycles. The van der Waals surface area contributed by atoms with Gasteiger partial charge in [-0.2, -0.15) is 0 Å². The van der Waals surface area contributed by atoms with E-state index >= 15 is 0 Å². The summed E-state index contributed by atoms with van der Waals surface area (Å²) in [6.45, 7) is -0.625. The van der Waals surface area contributed by atoms with E-state index in [-0.39, 0.29) is 6.61 Å². The number of rotatable bonds is 5. The van der Waals surface area contributed by atoms with Crippen LogP contribution in [0, 0.1) is 0 Å². The van der Waals surface area contributed by atoms with Gasteiger partial charge in [0, 0.05) is 0 Å². The van der Waals surface area contributed by atoms with Crippen molar-refractivity contribution < 1.29 is 23.8 Å². The number of hydrogen-bond acceptors (Lipinski definition) is 5. The fourth-order valence-corrected chi connectivity index (χ4v) is 1.35. The second kappa shape index (κ2) is 6.96. The molecule has 0 bridgehead atoms. The maximum atomic E-state index is 11.2. The molecule has 0 radical (unpaired) electrons. The first-order chi connectivity index (χ1) is 8.11. The van der Waals surface area contributed by atoms with E-state index in [1.165, 1.54) is 24.0 Å². The fourth-order valence-electron chi connectivity index (χ4n) is 0.946. The summed E-state index contributed by atoms with van der Waals surface area (Å²) < 4.78 is 15.3. The van der Waals surface area contributed by atoms with Gasteiger partial charge in [-0.15, -0.1) is 0 Å². The van der Waals surface area contributed by atoms with E-state index in [1.54, 1.807) is 12.1 Å². The monoisotopic (exact) mass is 300 g/mol. The van der Waals surface area contributed by atoms with Crippen LogP contribution in [-0.4, -0.2) is 49.1 Å². The summed E-state index contributed by atoms with van der Waals surface area (Å²) in [5, 5.41) is 0. The van der Waals surface area contributed by atoms with Crippen LogP contribution < -0.4 is 9.09 Å². The first-order valence-corrected chi connectivity index (χ1v) is 6.03. The predicted octanol–water partition coefficient (Wildman–Crippen LogP) is -0.960. The second-order valence-corrected chi connectivity index (χ2v) is 4.49. The Labute approximate surface area is 108 Å². The van der Waals surface area contributed by atoms with Gasteiger partial charge in [-0.1, -0.05) is 0 Å². The Morgan fingerprint density at radius 2 is 1.76 bits per heavy atom. The summed E-state index contributed by atoms with van der Waals surface area (Å²) in [4.78, 5) is 21.8. The van der Waals surface area contributed by atoms with Crippen LogP contribution in [0.15, 0.2) is 24.3 Å². The summed E-state index contributed by atoms with van der Waals surface area (Å²) in [6, 6.07) is 7.33. The van der Waals surface area contributed by atoms with Crippen molar-refractivity contribution in [1.29, 1.82) is 0 Å². The topological polar surface area (TPSA) is 61.8 Å². The van der Waals surface area contributed by atoms with E-state index in [1.807, 2.05) is 12.1 Å². The second-order valence-electron chi connectivity index (χ2n) is 3.09. The molecule has 6 heteroatoms. The third-order valence-corrected chi connectivity index (χ3v) is 2.62. The third-order valence-electron chi connectivity index (χ3n) is 1.82. The Morgan fingerprint density at radius 3 is 2.35 bits per heavy atom. The number of hydrogen-bond donors (Lipinski definition) is 0. The van der Waals surface area contributed by atoms with Gasteiger partial charge >= 0.3 is 107 Å². The molecule has 17 heavy (non-hydrogen) atoms. The molecule has 0 spiro atoms. The molecule has 0 heterocycles. The van der Waals surface area contributed by atoms with Gasteiger partial charge in [0.25, 0.3) is 0 Å². The minimum atomic E-state index is -0.611. The minimum absolute atomic E-state index is 0.231. The predicted molar refractivity (Wildman–Crippen MR) is 63.1 cm³/mol. The molecule has 0 saturated carbocycles. The van der Waals surface area contributed by atoms with Crippen LogP contribution in [0.25, 0.3) is 0 Å². The Kier molecular flexibility index (Phi) is 5.56. The van der Waals surface area contributed by atoms with E-state index < -0.39 is 18.5 Å². The number of carbonyl (C=O) groups excluding carboxylic acids is 2. The molecule has 1 aromatic carbocycles. The molecule has 1 rings (SSSR count). The van der Waals surface area contributed by atoms with Gasteiger partial charge in [0.05, 0.1) is 0 Å². The Balaban J connectivity index is 2.28. The first-order valence-electron chi connectivity index (χ1n) is 4.82. The van der Waals surface area contributed by atoms with E-state index in [0.29, 0.717) is 5.75 Å².